The zero-order valence-electron chi connectivity index (χ0n) is 11.1. The molecule has 0 aliphatic rings. The third-order valence-electron chi connectivity index (χ3n) is 2.81. The number of nitrogens with one attached hydrogen (secondary N) is 2. The molecule has 18 heavy (non-hydrogen) atoms. The fourth-order valence-electron chi connectivity index (χ4n) is 1.69. The highest BCUT2D eigenvalue weighted by molar-refractivity contribution is 7.92. The Hall–Kier alpha value is -1.27. The van der Waals surface area contributed by atoms with E-state index >= 15 is 0 Å². The van der Waals surface area contributed by atoms with Crippen molar-refractivity contribution in [2.45, 2.75) is 20.8 Å². The standard InChI is InChI=1S/C12H21N3O2S/c1-4-14-11-5-6-12(10(3)9(11)2)15-18(16,17)8-7-13/h5-6,14-15H,4,7-8,13H2,1-3H3. The summed E-state index contributed by atoms with van der Waals surface area (Å²) in [7, 11) is -3.34. The van der Waals surface area contributed by atoms with Crippen LogP contribution < -0.4 is 15.8 Å². The Labute approximate surface area is 109 Å². The summed E-state index contributed by atoms with van der Waals surface area (Å²) in [5, 5.41) is 3.23. The Balaban J connectivity index is 3.02. The zero-order chi connectivity index (χ0) is 13.8. The van der Waals surface area contributed by atoms with E-state index in [-0.39, 0.29) is 12.3 Å². The minimum atomic E-state index is -3.34. The summed E-state index contributed by atoms with van der Waals surface area (Å²) in [4.78, 5) is 0. The van der Waals surface area contributed by atoms with Crippen molar-refractivity contribution < 1.29 is 8.42 Å². The summed E-state index contributed by atoms with van der Waals surface area (Å²) < 4.78 is 25.9. The first kappa shape index (κ1) is 14.8. The van der Waals surface area contributed by atoms with Gasteiger partial charge in [-0.1, -0.05) is 0 Å². The third kappa shape index (κ3) is 3.61. The summed E-state index contributed by atoms with van der Waals surface area (Å²) >= 11 is 0. The van der Waals surface area contributed by atoms with E-state index in [2.05, 4.69) is 10.0 Å². The minimum Gasteiger partial charge on any atom is -0.385 e. The van der Waals surface area contributed by atoms with Crippen LogP contribution in [0.3, 0.4) is 0 Å². The minimum absolute atomic E-state index is 0.0690. The number of hydrogen-bond donors (Lipinski definition) is 3. The van der Waals surface area contributed by atoms with E-state index in [0.717, 1.165) is 23.4 Å². The summed E-state index contributed by atoms with van der Waals surface area (Å²) in [6.07, 6.45) is 0. The molecule has 6 heteroatoms. The van der Waals surface area contributed by atoms with Gasteiger partial charge in [0.25, 0.3) is 0 Å². The summed E-state index contributed by atoms with van der Waals surface area (Å²) in [6, 6.07) is 3.65. The van der Waals surface area contributed by atoms with Gasteiger partial charge < -0.3 is 11.1 Å². The van der Waals surface area contributed by atoms with Crippen molar-refractivity contribution in [2.24, 2.45) is 5.73 Å². The molecule has 0 fully saturated rings. The van der Waals surface area contributed by atoms with Gasteiger partial charge in [-0.15, -0.1) is 0 Å². The van der Waals surface area contributed by atoms with Crippen LogP contribution in [-0.2, 0) is 10.0 Å². The molecule has 1 rings (SSSR count). The molecule has 0 heterocycles. The molecule has 0 atom stereocenters. The highest BCUT2D eigenvalue weighted by Crippen LogP contribution is 2.26. The Morgan fingerprint density at radius 1 is 1.17 bits per heavy atom. The molecule has 0 radical (unpaired) electrons. The monoisotopic (exact) mass is 271 g/mol. The molecular formula is C12H21N3O2S. The van der Waals surface area contributed by atoms with Crippen LogP contribution in [0, 0.1) is 13.8 Å². The van der Waals surface area contributed by atoms with Crippen LogP contribution in [0.5, 0.6) is 0 Å². The molecule has 1 aromatic carbocycles. The molecule has 0 bridgehead atoms. The molecule has 0 aliphatic carbocycles. The van der Waals surface area contributed by atoms with Gasteiger partial charge in [0.15, 0.2) is 0 Å². The van der Waals surface area contributed by atoms with Gasteiger partial charge in [-0.2, -0.15) is 0 Å². The maximum absolute atomic E-state index is 11.7. The van der Waals surface area contributed by atoms with Crippen LogP contribution in [-0.4, -0.2) is 27.3 Å². The first-order valence-electron chi connectivity index (χ1n) is 5.96. The number of hydrogen-bond acceptors (Lipinski definition) is 4. The third-order valence-corrected chi connectivity index (χ3v) is 4.11. The van der Waals surface area contributed by atoms with Crippen LogP contribution >= 0.6 is 0 Å². The lowest BCUT2D eigenvalue weighted by Gasteiger charge is -2.15. The van der Waals surface area contributed by atoms with Crippen molar-refractivity contribution in [1.29, 1.82) is 0 Å². The predicted octanol–water partition coefficient (Wildman–Crippen LogP) is 1.44. The zero-order valence-corrected chi connectivity index (χ0v) is 11.9. The summed E-state index contributed by atoms with van der Waals surface area (Å²) in [5.74, 6) is -0.0690. The van der Waals surface area contributed by atoms with E-state index in [1.807, 2.05) is 26.8 Å². The summed E-state index contributed by atoms with van der Waals surface area (Å²) in [6.45, 7) is 6.83. The van der Waals surface area contributed by atoms with Gasteiger partial charge in [0, 0.05) is 18.8 Å². The van der Waals surface area contributed by atoms with E-state index < -0.39 is 10.0 Å². The van der Waals surface area contributed by atoms with Crippen molar-refractivity contribution in [2.75, 3.05) is 28.9 Å². The molecular weight excluding hydrogens is 250 g/mol. The Kier molecular flexibility index (Phi) is 4.98. The fourth-order valence-corrected chi connectivity index (χ4v) is 2.66. The molecule has 5 nitrogen and oxygen atoms in total. The lowest BCUT2D eigenvalue weighted by molar-refractivity contribution is 0.601. The van der Waals surface area contributed by atoms with E-state index in [1.165, 1.54) is 0 Å². The number of benzene rings is 1. The lowest BCUT2D eigenvalue weighted by Crippen LogP contribution is -2.23. The van der Waals surface area contributed by atoms with Crippen molar-refractivity contribution >= 4 is 21.4 Å². The molecule has 0 spiro atoms. The topological polar surface area (TPSA) is 84.2 Å². The maximum atomic E-state index is 11.7. The molecule has 0 amide bonds. The molecule has 0 aliphatic heterocycles. The van der Waals surface area contributed by atoms with Crippen molar-refractivity contribution in [3.05, 3.63) is 23.3 Å². The van der Waals surface area contributed by atoms with Crippen molar-refractivity contribution in [3.8, 4) is 0 Å². The Morgan fingerprint density at radius 2 is 1.72 bits per heavy atom. The van der Waals surface area contributed by atoms with Crippen LogP contribution in [0.1, 0.15) is 18.1 Å². The molecule has 4 N–H and O–H groups in total. The normalized spacial score (nSPS) is 11.3. The van der Waals surface area contributed by atoms with Gasteiger partial charge in [0.2, 0.25) is 10.0 Å². The van der Waals surface area contributed by atoms with Crippen molar-refractivity contribution in [3.63, 3.8) is 0 Å². The Morgan fingerprint density at radius 3 is 2.28 bits per heavy atom. The first-order chi connectivity index (χ1) is 8.41. The smallest absolute Gasteiger partial charge is 0.233 e. The predicted molar refractivity (Wildman–Crippen MR) is 76.5 cm³/mol. The van der Waals surface area contributed by atoms with Crippen LogP contribution in [0.15, 0.2) is 12.1 Å². The van der Waals surface area contributed by atoms with Crippen LogP contribution in [0.2, 0.25) is 0 Å². The van der Waals surface area contributed by atoms with E-state index in [0.29, 0.717) is 5.69 Å². The quantitative estimate of drug-likeness (QED) is 0.731. The number of sulfonamides is 1. The molecule has 0 aromatic heterocycles. The highest BCUT2D eigenvalue weighted by Gasteiger charge is 2.12. The highest BCUT2D eigenvalue weighted by atomic mass is 32.2. The number of anilines is 2. The van der Waals surface area contributed by atoms with Gasteiger partial charge in [-0.25, -0.2) is 8.42 Å². The van der Waals surface area contributed by atoms with Gasteiger partial charge in [-0.05, 0) is 44.0 Å². The van der Waals surface area contributed by atoms with Gasteiger partial charge in [0.05, 0.1) is 11.4 Å². The lowest BCUT2D eigenvalue weighted by atomic mass is 10.1. The van der Waals surface area contributed by atoms with E-state index in [4.69, 9.17) is 5.73 Å². The molecule has 1 aromatic rings. The van der Waals surface area contributed by atoms with Gasteiger partial charge in [0.1, 0.15) is 0 Å². The van der Waals surface area contributed by atoms with Gasteiger partial charge in [-0.3, -0.25) is 4.72 Å². The SMILES string of the molecule is CCNc1ccc(NS(=O)(=O)CCN)c(C)c1C. The average molecular weight is 271 g/mol. The first-order valence-corrected chi connectivity index (χ1v) is 7.61. The van der Waals surface area contributed by atoms with E-state index in [1.54, 1.807) is 6.07 Å². The number of rotatable bonds is 6. The second-order valence-corrected chi connectivity index (χ2v) is 5.99. The van der Waals surface area contributed by atoms with Crippen LogP contribution in [0.4, 0.5) is 11.4 Å². The maximum Gasteiger partial charge on any atom is 0.233 e. The van der Waals surface area contributed by atoms with Crippen LogP contribution in [0.25, 0.3) is 0 Å². The summed E-state index contributed by atoms with van der Waals surface area (Å²) in [5.41, 5.74) is 8.88. The second kappa shape index (κ2) is 6.06. The molecule has 102 valence electrons. The second-order valence-electron chi connectivity index (χ2n) is 4.15. The fraction of sp³-hybridized carbons (Fsp3) is 0.500. The van der Waals surface area contributed by atoms with Crippen molar-refractivity contribution in [1.82, 2.24) is 0 Å². The largest absolute Gasteiger partial charge is 0.385 e. The molecule has 0 saturated heterocycles. The van der Waals surface area contributed by atoms with Gasteiger partial charge >= 0.3 is 0 Å². The molecule has 0 unspecified atom stereocenters. The Bertz CT molecular complexity index is 512. The number of nitrogens with two attached hydrogens (primary N) is 1. The average Bonchev–Trinajstić information content (AvgIpc) is 2.29. The molecule has 0 saturated carbocycles. The van der Waals surface area contributed by atoms with E-state index in [9.17, 15) is 8.42 Å².